The zero-order valence-corrected chi connectivity index (χ0v) is 12.2. The molecule has 100 valence electrons. The van der Waals surface area contributed by atoms with Crippen molar-refractivity contribution < 1.29 is 13.2 Å². The molecular formula is C12H15ClO3S2. The van der Waals surface area contributed by atoms with E-state index in [1.165, 1.54) is 0 Å². The Morgan fingerprint density at radius 2 is 1.83 bits per heavy atom. The molecule has 18 heavy (non-hydrogen) atoms. The van der Waals surface area contributed by atoms with Gasteiger partial charge in [0.05, 0.1) is 5.75 Å². The first-order valence-corrected chi connectivity index (χ1v) is 9.42. The largest absolute Gasteiger partial charge is 0.490 e. The maximum Gasteiger partial charge on any atom is 0.236 e. The average Bonchev–Trinajstić information content (AvgIpc) is 2.31. The van der Waals surface area contributed by atoms with E-state index in [-0.39, 0.29) is 11.9 Å². The van der Waals surface area contributed by atoms with Gasteiger partial charge in [0.1, 0.15) is 11.9 Å². The molecule has 0 aromatic heterocycles. The van der Waals surface area contributed by atoms with Crippen LogP contribution < -0.4 is 4.74 Å². The molecule has 1 aliphatic rings. The van der Waals surface area contributed by atoms with Gasteiger partial charge < -0.3 is 4.74 Å². The van der Waals surface area contributed by atoms with Gasteiger partial charge in [-0.1, -0.05) is 12.1 Å². The number of thioether (sulfide) groups is 1. The monoisotopic (exact) mass is 306 g/mol. The molecule has 2 rings (SSSR count). The van der Waals surface area contributed by atoms with Gasteiger partial charge in [-0.3, -0.25) is 0 Å². The third kappa shape index (κ3) is 4.71. The van der Waals surface area contributed by atoms with E-state index in [4.69, 9.17) is 15.4 Å². The summed E-state index contributed by atoms with van der Waals surface area (Å²) in [6.07, 6.45) is 2.43. The molecule has 0 atom stereocenters. The maximum absolute atomic E-state index is 10.9. The zero-order valence-electron chi connectivity index (χ0n) is 9.84. The molecule has 1 saturated heterocycles. The first-order valence-electron chi connectivity index (χ1n) is 5.78. The fourth-order valence-electron chi connectivity index (χ4n) is 1.85. The van der Waals surface area contributed by atoms with E-state index in [0.29, 0.717) is 5.56 Å². The van der Waals surface area contributed by atoms with Crippen molar-refractivity contribution in [3.05, 3.63) is 29.8 Å². The minimum atomic E-state index is -3.49. The summed E-state index contributed by atoms with van der Waals surface area (Å²) in [6.45, 7) is 0. The highest BCUT2D eigenvalue weighted by atomic mass is 35.7. The van der Waals surface area contributed by atoms with Crippen LogP contribution in [0, 0.1) is 0 Å². The van der Waals surface area contributed by atoms with Crippen molar-refractivity contribution in [3.8, 4) is 5.75 Å². The van der Waals surface area contributed by atoms with Crippen LogP contribution in [-0.4, -0.2) is 26.0 Å². The van der Waals surface area contributed by atoms with Gasteiger partial charge in [0.25, 0.3) is 0 Å². The summed E-state index contributed by atoms with van der Waals surface area (Å²) in [5.41, 5.74) is 0.677. The second-order valence-corrected chi connectivity index (χ2v) is 8.26. The molecule has 0 N–H and O–H groups in total. The van der Waals surface area contributed by atoms with E-state index >= 15 is 0 Å². The van der Waals surface area contributed by atoms with Crippen molar-refractivity contribution >= 4 is 31.5 Å². The Morgan fingerprint density at radius 3 is 2.39 bits per heavy atom. The summed E-state index contributed by atoms with van der Waals surface area (Å²) in [6, 6.07) is 7.10. The third-order valence-electron chi connectivity index (χ3n) is 2.73. The number of benzene rings is 1. The first-order chi connectivity index (χ1) is 8.53. The topological polar surface area (TPSA) is 43.4 Å². The zero-order chi connectivity index (χ0) is 13.0. The Hall–Kier alpha value is -0.390. The summed E-state index contributed by atoms with van der Waals surface area (Å²) < 4.78 is 27.7. The second kappa shape index (κ2) is 6.17. The molecule has 1 aliphatic heterocycles. The minimum absolute atomic E-state index is 0.144. The van der Waals surface area contributed by atoms with E-state index in [1.807, 2.05) is 11.8 Å². The Kier molecular flexibility index (Phi) is 4.81. The molecule has 3 nitrogen and oxygen atoms in total. The van der Waals surface area contributed by atoms with E-state index in [1.54, 1.807) is 24.3 Å². The molecule has 0 bridgehead atoms. The molecule has 0 unspecified atom stereocenters. The summed E-state index contributed by atoms with van der Waals surface area (Å²) in [5, 5.41) is 0. The molecule has 0 spiro atoms. The second-order valence-electron chi connectivity index (χ2n) is 4.26. The lowest BCUT2D eigenvalue weighted by atomic mass is 10.2. The van der Waals surface area contributed by atoms with Crippen LogP contribution in [0.25, 0.3) is 0 Å². The fourth-order valence-corrected chi connectivity index (χ4v) is 3.88. The SMILES string of the molecule is O=S(=O)(Cl)Cc1ccc(OC2CCSCC2)cc1. The lowest BCUT2D eigenvalue weighted by Crippen LogP contribution is -2.21. The molecule has 1 aromatic rings. The number of hydrogen-bond donors (Lipinski definition) is 0. The number of ether oxygens (including phenoxy) is 1. The van der Waals surface area contributed by atoms with Crippen LogP contribution in [-0.2, 0) is 14.8 Å². The smallest absolute Gasteiger partial charge is 0.236 e. The fraction of sp³-hybridized carbons (Fsp3) is 0.500. The van der Waals surface area contributed by atoms with Crippen molar-refractivity contribution in [3.63, 3.8) is 0 Å². The van der Waals surface area contributed by atoms with Crippen LogP contribution in [0.5, 0.6) is 5.75 Å². The van der Waals surface area contributed by atoms with Crippen LogP contribution in [0.15, 0.2) is 24.3 Å². The van der Waals surface area contributed by atoms with Crippen molar-refractivity contribution in [2.45, 2.75) is 24.7 Å². The number of halogens is 1. The van der Waals surface area contributed by atoms with Gasteiger partial charge in [-0.25, -0.2) is 8.42 Å². The quantitative estimate of drug-likeness (QED) is 0.802. The van der Waals surface area contributed by atoms with Gasteiger partial charge in [-0.05, 0) is 42.0 Å². The Balaban J connectivity index is 1.94. The summed E-state index contributed by atoms with van der Waals surface area (Å²) >= 11 is 1.96. The average molecular weight is 307 g/mol. The van der Waals surface area contributed by atoms with Crippen molar-refractivity contribution in [1.82, 2.24) is 0 Å². The summed E-state index contributed by atoms with van der Waals surface area (Å²) in [5.74, 6) is 2.94. The molecule has 0 radical (unpaired) electrons. The van der Waals surface area contributed by atoms with Crippen molar-refractivity contribution in [2.24, 2.45) is 0 Å². The van der Waals surface area contributed by atoms with Crippen LogP contribution in [0.2, 0.25) is 0 Å². The summed E-state index contributed by atoms with van der Waals surface area (Å²) in [4.78, 5) is 0. The lowest BCUT2D eigenvalue weighted by Gasteiger charge is -2.22. The maximum atomic E-state index is 10.9. The van der Waals surface area contributed by atoms with E-state index < -0.39 is 9.05 Å². The highest BCUT2D eigenvalue weighted by Crippen LogP contribution is 2.23. The van der Waals surface area contributed by atoms with Crippen LogP contribution in [0.3, 0.4) is 0 Å². The van der Waals surface area contributed by atoms with Gasteiger partial charge in [-0.2, -0.15) is 11.8 Å². The van der Waals surface area contributed by atoms with Gasteiger partial charge >= 0.3 is 0 Å². The number of rotatable bonds is 4. The molecular weight excluding hydrogens is 292 g/mol. The van der Waals surface area contributed by atoms with E-state index in [0.717, 1.165) is 30.1 Å². The van der Waals surface area contributed by atoms with Gasteiger partial charge in [0.2, 0.25) is 9.05 Å². The molecule has 1 aromatic carbocycles. The highest BCUT2D eigenvalue weighted by molar-refractivity contribution is 8.13. The molecule has 0 amide bonds. The molecule has 1 fully saturated rings. The Labute approximate surface area is 116 Å². The first kappa shape index (κ1) is 14.0. The van der Waals surface area contributed by atoms with Crippen LogP contribution in [0.1, 0.15) is 18.4 Å². The lowest BCUT2D eigenvalue weighted by molar-refractivity contribution is 0.192. The van der Waals surface area contributed by atoms with E-state index in [2.05, 4.69) is 0 Å². The Bertz CT molecular complexity index is 479. The van der Waals surface area contributed by atoms with Gasteiger partial charge in [0.15, 0.2) is 0 Å². The Morgan fingerprint density at radius 1 is 1.22 bits per heavy atom. The van der Waals surface area contributed by atoms with Gasteiger partial charge in [-0.15, -0.1) is 0 Å². The molecule has 6 heteroatoms. The van der Waals surface area contributed by atoms with Crippen molar-refractivity contribution in [1.29, 1.82) is 0 Å². The van der Waals surface area contributed by atoms with Gasteiger partial charge in [0, 0.05) is 10.7 Å². The predicted octanol–water partition coefficient (Wildman–Crippen LogP) is 3.03. The van der Waals surface area contributed by atoms with Crippen LogP contribution >= 0.6 is 22.4 Å². The molecule has 0 aliphatic carbocycles. The third-order valence-corrected chi connectivity index (χ3v) is 4.79. The normalized spacial score (nSPS) is 17.6. The highest BCUT2D eigenvalue weighted by Gasteiger charge is 2.15. The molecule has 1 heterocycles. The minimum Gasteiger partial charge on any atom is -0.490 e. The number of hydrogen-bond acceptors (Lipinski definition) is 4. The van der Waals surface area contributed by atoms with Crippen molar-refractivity contribution in [2.75, 3.05) is 11.5 Å². The van der Waals surface area contributed by atoms with E-state index in [9.17, 15) is 8.42 Å². The summed E-state index contributed by atoms with van der Waals surface area (Å²) in [7, 11) is 1.71. The standard InChI is InChI=1S/C12H15ClO3S2/c13-18(14,15)9-10-1-3-11(4-2-10)16-12-5-7-17-8-6-12/h1-4,12H,5-9H2. The van der Waals surface area contributed by atoms with Crippen LogP contribution in [0.4, 0.5) is 0 Å². The molecule has 0 saturated carbocycles. The predicted molar refractivity (Wildman–Crippen MR) is 75.9 cm³/mol.